The van der Waals surface area contributed by atoms with Gasteiger partial charge in [-0.05, 0) is 37.3 Å². The molecule has 0 saturated carbocycles. The Bertz CT molecular complexity index is 1120. The molecular formula is C21H20N2O. The Labute approximate surface area is 146 Å². The van der Waals surface area contributed by atoms with Gasteiger partial charge in [-0.25, -0.2) is 0 Å². The van der Waals surface area contributed by atoms with Gasteiger partial charge in [-0.1, -0.05) is 30.0 Å². The third-order valence-corrected chi connectivity index (χ3v) is 4.01. The molecule has 0 aliphatic heterocycles. The zero-order valence-electron chi connectivity index (χ0n) is 16.9. The minimum Gasteiger partial charge on any atom is -0.378 e. The van der Waals surface area contributed by atoms with E-state index in [1.165, 1.54) is 0 Å². The first-order chi connectivity index (χ1) is 12.7. The highest BCUT2D eigenvalue weighted by Gasteiger charge is 2.11. The highest BCUT2D eigenvalue weighted by Crippen LogP contribution is 2.23. The van der Waals surface area contributed by atoms with Gasteiger partial charge in [0.2, 0.25) is 0 Å². The summed E-state index contributed by atoms with van der Waals surface area (Å²) in [5.74, 6) is 6.15. The van der Waals surface area contributed by atoms with Gasteiger partial charge in [0.15, 0.2) is 0 Å². The number of aromatic nitrogens is 1. The van der Waals surface area contributed by atoms with Crippen LogP contribution in [-0.4, -0.2) is 18.7 Å². The molecule has 1 aromatic heterocycles. The van der Waals surface area contributed by atoms with Crippen molar-refractivity contribution in [3.63, 3.8) is 0 Å². The summed E-state index contributed by atoms with van der Waals surface area (Å²) in [6.45, 7) is -0.949. The van der Waals surface area contributed by atoms with Crippen molar-refractivity contribution in [2.45, 2.75) is 6.92 Å². The summed E-state index contributed by atoms with van der Waals surface area (Å²) in [7, 11) is 3.73. The molecule has 0 aliphatic carbocycles. The van der Waals surface area contributed by atoms with Crippen LogP contribution in [0.15, 0.2) is 53.3 Å². The molecule has 3 aromatic rings. The van der Waals surface area contributed by atoms with Crippen LogP contribution in [0.25, 0.3) is 10.9 Å². The van der Waals surface area contributed by atoms with E-state index in [0.29, 0.717) is 22.0 Å². The average molecular weight is 319 g/mol. The number of pyridine rings is 1. The largest absolute Gasteiger partial charge is 0.378 e. The number of fused-ring (bicyclic) bond motifs is 1. The SMILES string of the molecule is [2H]C([2H])([2H])n1c(=O)c(C)c(C#Cc2ccccc2)c2ccc(N(C)C)cc21. The smallest absolute Gasteiger partial charge is 0.254 e. The minimum atomic E-state index is -2.57. The quantitative estimate of drug-likeness (QED) is 0.643. The third-order valence-electron chi connectivity index (χ3n) is 4.01. The van der Waals surface area contributed by atoms with Crippen LogP contribution < -0.4 is 10.5 Å². The van der Waals surface area contributed by atoms with E-state index in [0.717, 1.165) is 15.8 Å². The molecule has 3 nitrogen and oxygen atoms in total. The Kier molecular flexibility index (Phi) is 3.24. The lowest BCUT2D eigenvalue weighted by molar-refractivity contribution is 0.891. The molecule has 0 bridgehead atoms. The van der Waals surface area contributed by atoms with Crippen molar-refractivity contribution in [1.29, 1.82) is 0 Å². The van der Waals surface area contributed by atoms with Gasteiger partial charge in [-0.2, -0.15) is 0 Å². The van der Waals surface area contributed by atoms with Gasteiger partial charge in [0.25, 0.3) is 5.56 Å². The first-order valence-electron chi connectivity index (χ1n) is 9.14. The molecule has 24 heavy (non-hydrogen) atoms. The topological polar surface area (TPSA) is 25.2 Å². The molecule has 0 atom stereocenters. The van der Waals surface area contributed by atoms with E-state index in [1.807, 2.05) is 61.5 Å². The van der Waals surface area contributed by atoms with Crippen molar-refractivity contribution in [2.24, 2.45) is 6.98 Å². The third kappa shape index (κ3) is 2.79. The maximum absolute atomic E-state index is 12.9. The van der Waals surface area contributed by atoms with Gasteiger partial charge in [0.1, 0.15) is 0 Å². The number of rotatable bonds is 1. The van der Waals surface area contributed by atoms with Crippen molar-refractivity contribution in [1.82, 2.24) is 4.57 Å². The maximum atomic E-state index is 12.9. The Hall–Kier alpha value is -2.99. The second-order valence-electron chi connectivity index (χ2n) is 5.85. The fourth-order valence-electron chi connectivity index (χ4n) is 2.60. The van der Waals surface area contributed by atoms with Gasteiger partial charge < -0.3 is 9.47 Å². The predicted octanol–water partition coefficient (Wildman–Crippen LogP) is 3.31. The summed E-state index contributed by atoms with van der Waals surface area (Å²) in [6.07, 6.45) is 0. The van der Waals surface area contributed by atoms with Crippen LogP contribution in [0.5, 0.6) is 0 Å². The van der Waals surface area contributed by atoms with Crippen molar-refractivity contribution in [2.75, 3.05) is 19.0 Å². The maximum Gasteiger partial charge on any atom is 0.254 e. The van der Waals surface area contributed by atoms with Gasteiger partial charge in [0, 0.05) is 52.9 Å². The van der Waals surface area contributed by atoms with Crippen molar-refractivity contribution < 1.29 is 4.11 Å². The molecule has 3 heteroatoms. The van der Waals surface area contributed by atoms with Crippen molar-refractivity contribution in [3.05, 3.63) is 75.6 Å². The van der Waals surface area contributed by atoms with E-state index in [1.54, 1.807) is 13.0 Å². The molecule has 0 fully saturated rings. The fourth-order valence-corrected chi connectivity index (χ4v) is 2.60. The van der Waals surface area contributed by atoms with Crippen LogP contribution in [0.4, 0.5) is 5.69 Å². The lowest BCUT2D eigenvalue weighted by Gasteiger charge is -2.16. The normalized spacial score (nSPS) is 12.7. The minimum absolute atomic E-state index is 0.333. The van der Waals surface area contributed by atoms with Gasteiger partial charge in [-0.3, -0.25) is 4.79 Å². The summed E-state index contributed by atoms with van der Waals surface area (Å²) in [5, 5.41) is 0.650. The van der Waals surface area contributed by atoms with E-state index >= 15 is 0 Å². The second kappa shape index (κ2) is 6.25. The number of benzene rings is 2. The van der Waals surface area contributed by atoms with Crippen LogP contribution in [0.2, 0.25) is 0 Å². The first-order valence-corrected chi connectivity index (χ1v) is 7.64. The lowest BCUT2D eigenvalue weighted by Crippen LogP contribution is -2.21. The monoisotopic (exact) mass is 319 g/mol. The first kappa shape index (κ1) is 12.4. The highest BCUT2D eigenvalue weighted by molar-refractivity contribution is 5.89. The molecule has 0 N–H and O–H groups in total. The van der Waals surface area contributed by atoms with Crippen molar-refractivity contribution in [3.8, 4) is 11.8 Å². The number of anilines is 1. The fraction of sp³-hybridized carbons (Fsp3) is 0.190. The number of aryl methyl sites for hydroxylation is 1. The van der Waals surface area contributed by atoms with E-state index in [9.17, 15) is 4.79 Å². The average Bonchev–Trinajstić information content (AvgIpc) is 2.61. The van der Waals surface area contributed by atoms with E-state index in [-0.39, 0.29) is 0 Å². The molecule has 0 unspecified atom stereocenters. The Morgan fingerprint density at radius 3 is 2.50 bits per heavy atom. The van der Waals surface area contributed by atoms with Crippen LogP contribution in [0.3, 0.4) is 0 Å². The Morgan fingerprint density at radius 2 is 1.83 bits per heavy atom. The van der Waals surface area contributed by atoms with Crippen molar-refractivity contribution >= 4 is 16.6 Å². The molecule has 1 heterocycles. The second-order valence-corrected chi connectivity index (χ2v) is 5.85. The molecule has 120 valence electrons. The Balaban J connectivity index is 2.38. The number of nitrogens with zero attached hydrogens (tertiary/aromatic N) is 2. The van der Waals surface area contributed by atoms with Gasteiger partial charge >= 0.3 is 0 Å². The zero-order chi connectivity index (χ0) is 19.8. The molecule has 0 spiro atoms. The molecular weight excluding hydrogens is 296 g/mol. The predicted molar refractivity (Wildman–Crippen MR) is 101 cm³/mol. The molecule has 0 radical (unpaired) electrons. The molecule has 3 rings (SSSR count). The van der Waals surface area contributed by atoms with E-state index in [2.05, 4.69) is 11.8 Å². The van der Waals surface area contributed by atoms with Crippen LogP contribution in [-0.2, 0) is 6.98 Å². The molecule has 0 amide bonds. The van der Waals surface area contributed by atoms with Gasteiger partial charge in [-0.15, -0.1) is 0 Å². The number of hydrogen-bond acceptors (Lipinski definition) is 2. The summed E-state index contributed by atoms with van der Waals surface area (Å²) < 4.78 is 24.4. The molecule has 2 aromatic carbocycles. The standard InChI is InChI=1S/C21H20N2O/c1-15-18(12-10-16-8-6-5-7-9-16)19-13-11-17(22(2)3)14-20(19)23(4)21(15)24/h5-9,11,13-14H,1-4H3/i4D3. The van der Waals surface area contributed by atoms with Crippen LogP contribution in [0.1, 0.15) is 20.8 Å². The van der Waals surface area contributed by atoms with Gasteiger partial charge in [0.05, 0.1) is 5.52 Å². The number of hydrogen-bond donors (Lipinski definition) is 0. The summed E-state index contributed by atoms with van der Waals surface area (Å²) in [5.41, 5.74) is 2.34. The van der Waals surface area contributed by atoms with E-state index < -0.39 is 12.5 Å². The summed E-state index contributed by atoms with van der Waals surface area (Å²) in [4.78, 5) is 14.7. The zero-order valence-corrected chi connectivity index (χ0v) is 13.9. The summed E-state index contributed by atoms with van der Waals surface area (Å²) in [6, 6.07) is 14.9. The Morgan fingerprint density at radius 1 is 1.08 bits per heavy atom. The van der Waals surface area contributed by atoms with Crippen LogP contribution in [0, 0.1) is 18.8 Å². The summed E-state index contributed by atoms with van der Waals surface area (Å²) >= 11 is 0. The highest BCUT2D eigenvalue weighted by atomic mass is 16.1. The van der Waals surface area contributed by atoms with Crippen LogP contribution >= 0.6 is 0 Å². The molecule has 0 aliphatic rings. The molecule has 0 saturated heterocycles. The van der Waals surface area contributed by atoms with E-state index in [4.69, 9.17) is 4.11 Å². The lowest BCUT2D eigenvalue weighted by atomic mass is 10.0.